The van der Waals surface area contributed by atoms with Crippen LogP contribution >= 0.6 is 0 Å². The van der Waals surface area contributed by atoms with E-state index in [1.165, 1.54) is 21.2 Å². The molecule has 0 unspecified atom stereocenters. The van der Waals surface area contributed by atoms with Crippen molar-refractivity contribution < 1.29 is 4.79 Å². The van der Waals surface area contributed by atoms with Crippen molar-refractivity contribution in [2.75, 3.05) is 6.54 Å². The van der Waals surface area contributed by atoms with Crippen LogP contribution in [0.25, 0.3) is 0 Å². The molecule has 2 nitrogen and oxygen atoms in total. The van der Waals surface area contributed by atoms with Gasteiger partial charge in [-0.2, -0.15) is 0 Å². The van der Waals surface area contributed by atoms with Crippen LogP contribution in [-0.2, 0) is 4.79 Å². The molecule has 0 saturated heterocycles. The van der Waals surface area contributed by atoms with E-state index in [-0.39, 0.29) is 0 Å². The zero-order valence-electron chi connectivity index (χ0n) is 9.70. The standard InChI is InChI=1S/C5H9NO.2C3H7.In/c1-2-6-4-3-5-7;2*1-3-2;/h3-5H,2H2,1H3,(H,6,7);2*1,3H2,2H3;/q;;;+1/p-1. The van der Waals surface area contributed by atoms with Crippen LogP contribution in [0.3, 0.4) is 0 Å². The van der Waals surface area contributed by atoms with Crippen molar-refractivity contribution >= 4 is 28.0 Å². The number of carbonyl (C=O) groups excluding carboxylic acids is 1. The molecule has 0 fully saturated rings. The molecule has 3 heteroatoms. The van der Waals surface area contributed by atoms with Crippen LogP contribution < -0.4 is 0 Å². The Morgan fingerprint density at radius 3 is 2.07 bits per heavy atom. The van der Waals surface area contributed by atoms with Gasteiger partial charge < -0.3 is 0 Å². The summed E-state index contributed by atoms with van der Waals surface area (Å²) in [4.78, 5) is 10.3. The molecule has 0 aromatic heterocycles. The third-order valence-electron chi connectivity index (χ3n) is 2.43. The predicted molar refractivity (Wildman–Crippen MR) is 63.5 cm³/mol. The summed E-state index contributed by atoms with van der Waals surface area (Å²) in [6, 6.07) is 0. The Morgan fingerprint density at radius 2 is 1.71 bits per heavy atom. The maximum atomic E-state index is 10.3. The van der Waals surface area contributed by atoms with Gasteiger partial charge in [0.1, 0.15) is 0 Å². The van der Waals surface area contributed by atoms with E-state index in [2.05, 4.69) is 23.7 Å². The zero-order valence-corrected chi connectivity index (χ0v) is 13.0. The van der Waals surface area contributed by atoms with E-state index in [0.717, 1.165) is 12.8 Å². The molecule has 80 valence electrons. The van der Waals surface area contributed by atoms with E-state index in [0.29, 0.717) is 0 Å². The monoisotopic (exact) mass is 299 g/mol. The SMILES string of the molecule is CC[CH2][In]([CH2]CC)[N](/C=C\C=O)CC. The van der Waals surface area contributed by atoms with Gasteiger partial charge in [-0.1, -0.05) is 0 Å². The van der Waals surface area contributed by atoms with Crippen molar-refractivity contribution in [1.29, 1.82) is 0 Å². The van der Waals surface area contributed by atoms with Gasteiger partial charge in [-0.05, 0) is 0 Å². The quantitative estimate of drug-likeness (QED) is 0.507. The Bertz CT molecular complexity index is 165. The normalized spacial score (nSPS) is 10.5. The van der Waals surface area contributed by atoms with Gasteiger partial charge in [0.05, 0.1) is 0 Å². The number of carbonyl (C=O) groups is 1. The van der Waals surface area contributed by atoms with Gasteiger partial charge in [-0.15, -0.1) is 0 Å². The summed E-state index contributed by atoms with van der Waals surface area (Å²) in [6.07, 6.45) is 7.12. The fourth-order valence-electron chi connectivity index (χ4n) is 1.77. The van der Waals surface area contributed by atoms with E-state index < -0.39 is 21.7 Å². The van der Waals surface area contributed by atoms with Crippen molar-refractivity contribution in [3.63, 3.8) is 0 Å². The van der Waals surface area contributed by atoms with Gasteiger partial charge in [0, 0.05) is 0 Å². The first kappa shape index (κ1) is 14.1. The molecule has 0 radical (unpaired) electrons. The van der Waals surface area contributed by atoms with Crippen LogP contribution in [-0.4, -0.2) is 37.4 Å². The second kappa shape index (κ2) is 9.63. The molecule has 14 heavy (non-hydrogen) atoms. The van der Waals surface area contributed by atoms with Gasteiger partial charge in [0.25, 0.3) is 0 Å². The summed E-state index contributed by atoms with van der Waals surface area (Å²) >= 11 is -1.51. The Balaban J connectivity index is 4.23. The predicted octanol–water partition coefficient (Wildman–Crippen LogP) is 2.83. The van der Waals surface area contributed by atoms with Gasteiger partial charge in [-0.25, -0.2) is 0 Å². The summed E-state index contributed by atoms with van der Waals surface area (Å²) in [7, 11) is 0. The van der Waals surface area contributed by atoms with Crippen LogP contribution in [0.2, 0.25) is 8.35 Å². The van der Waals surface area contributed by atoms with E-state index in [4.69, 9.17) is 0 Å². The molecule has 0 aromatic rings. The van der Waals surface area contributed by atoms with Crippen molar-refractivity contribution in [3.8, 4) is 0 Å². The van der Waals surface area contributed by atoms with E-state index in [9.17, 15) is 4.79 Å². The Kier molecular flexibility index (Phi) is 9.68. The number of hydrogen-bond acceptors (Lipinski definition) is 2. The van der Waals surface area contributed by atoms with Gasteiger partial charge in [-0.3, -0.25) is 0 Å². The second-order valence-electron chi connectivity index (χ2n) is 3.54. The summed E-state index contributed by atoms with van der Waals surface area (Å²) in [5.41, 5.74) is 0. The summed E-state index contributed by atoms with van der Waals surface area (Å²) in [5.74, 6) is 0. The number of nitrogens with zero attached hydrogens (tertiary/aromatic N) is 1. The second-order valence-corrected chi connectivity index (χ2v) is 12.5. The van der Waals surface area contributed by atoms with Crippen LogP contribution in [0.5, 0.6) is 0 Å². The van der Waals surface area contributed by atoms with E-state index in [1.54, 1.807) is 6.08 Å². The van der Waals surface area contributed by atoms with Crippen LogP contribution in [0, 0.1) is 0 Å². The Morgan fingerprint density at radius 1 is 1.14 bits per heavy atom. The van der Waals surface area contributed by atoms with Crippen LogP contribution in [0.15, 0.2) is 12.3 Å². The molecule has 0 N–H and O–H groups in total. The maximum absolute atomic E-state index is 10.3. The topological polar surface area (TPSA) is 20.3 Å². The molecule has 0 aliphatic carbocycles. The third kappa shape index (κ3) is 5.74. The molecular formula is C11H22InNO. The molecule has 0 bridgehead atoms. The minimum atomic E-state index is -1.51. The van der Waals surface area contributed by atoms with Gasteiger partial charge >= 0.3 is 96.5 Å². The van der Waals surface area contributed by atoms with E-state index >= 15 is 0 Å². The average Bonchev–Trinajstić information content (AvgIpc) is 2.19. The number of allylic oxidation sites excluding steroid dienone is 1. The number of rotatable bonds is 8. The Hall–Kier alpha value is 0.0801. The molecule has 0 saturated carbocycles. The zero-order chi connectivity index (χ0) is 10.8. The molecule has 0 amide bonds. The summed E-state index contributed by atoms with van der Waals surface area (Å²) in [5, 5.41) is 0. The Labute approximate surface area is 96.3 Å². The van der Waals surface area contributed by atoms with Crippen LogP contribution in [0.1, 0.15) is 33.6 Å². The van der Waals surface area contributed by atoms with Crippen LogP contribution in [0.4, 0.5) is 0 Å². The molecule has 0 aliphatic heterocycles. The fourth-order valence-corrected chi connectivity index (χ4v) is 10.7. The number of aldehydes is 1. The van der Waals surface area contributed by atoms with Gasteiger partial charge in [0.2, 0.25) is 0 Å². The first-order valence-electron chi connectivity index (χ1n) is 5.67. The molecule has 0 atom stereocenters. The summed E-state index contributed by atoms with van der Waals surface area (Å²) < 4.78 is 5.32. The molecular weight excluding hydrogens is 277 g/mol. The molecule has 0 aromatic carbocycles. The number of hydrogen-bond donors (Lipinski definition) is 0. The van der Waals surface area contributed by atoms with E-state index in [1.807, 2.05) is 6.20 Å². The van der Waals surface area contributed by atoms with Crippen molar-refractivity contribution in [2.45, 2.75) is 42.0 Å². The van der Waals surface area contributed by atoms with Crippen molar-refractivity contribution in [3.05, 3.63) is 12.3 Å². The molecule has 0 rings (SSSR count). The first-order chi connectivity index (χ1) is 6.79. The van der Waals surface area contributed by atoms with Gasteiger partial charge in [0.15, 0.2) is 0 Å². The fraction of sp³-hybridized carbons (Fsp3) is 0.727. The minimum absolute atomic E-state index is 0.878. The molecule has 0 heterocycles. The average molecular weight is 299 g/mol. The summed E-state index contributed by atoms with van der Waals surface area (Å²) in [6.45, 7) is 7.78. The first-order valence-corrected chi connectivity index (χ1v) is 11.8. The van der Waals surface area contributed by atoms with Crippen molar-refractivity contribution in [2.24, 2.45) is 0 Å². The molecule has 0 aliphatic rings. The molecule has 0 spiro atoms. The third-order valence-corrected chi connectivity index (χ3v) is 13.7. The van der Waals surface area contributed by atoms with Crippen molar-refractivity contribution in [1.82, 2.24) is 2.89 Å².